The van der Waals surface area contributed by atoms with Gasteiger partial charge in [-0.3, -0.25) is 9.69 Å². The second-order valence-corrected chi connectivity index (χ2v) is 7.69. The molecule has 158 valence electrons. The first-order chi connectivity index (χ1) is 15.6. The van der Waals surface area contributed by atoms with E-state index < -0.39 is 17.8 Å². The van der Waals surface area contributed by atoms with Crippen LogP contribution in [0, 0.1) is 5.82 Å². The summed E-state index contributed by atoms with van der Waals surface area (Å²) in [5, 5.41) is 3.61. The van der Waals surface area contributed by atoms with Gasteiger partial charge in [0, 0.05) is 34.8 Å². The normalized spacial score (nSPS) is 15.0. The molecule has 0 unspecified atom stereocenters. The molecule has 5 nitrogen and oxygen atoms in total. The van der Waals surface area contributed by atoms with Crippen LogP contribution in [-0.2, 0) is 17.9 Å². The van der Waals surface area contributed by atoms with E-state index in [1.807, 2.05) is 48.7 Å². The first kappa shape index (κ1) is 19.8. The minimum atomic E-state index is -0.558. The summed E-state index contributed by atoms with van der Waals surface area (Å²) in [5.74, 6) is -0.923. The summed E-state index contributed by atoms with van der Waals surface area (Å²) in [6, 6.07) is 23.6. The zero-order chi connectivity index (χ0) is 22.1. The predicted octanol–water partition coefficient (Wildman–Crippen LogP) is 4.92. The number of urea groups is 1. The van der Waals surface area contributed by atoms with Gasteiger partial charge >= 0.3 is 6.03 Å². The summed E-state index contributed by atoms with van der Waals surface area (Å²) in [5.41, 5.74) is 3.48. The van der Waals surface area contributed by atoms with Crippen molar-refractivity contribution in [3.05, 3.63) is 113 Å². The van der Waals surface area contributed by atoms with Crippen LogP contribution < -0.4 is 5.32 Å². The van der Waals surface area contributed by atoms with E-state index in [2.05, 4.69) is 22.0 Å². The van der Waals surface area contributed by atoms with Crippen molar-refractivity contribution in [3.8, 4) is 0 Å². The zero-order valence-electron chi connectivity index (χ0n) is 17.2. The van der Waals surface area contributed by atoms with E-state index in [9.17, 15) is 14.0 Å². The molecule has 5 rings (SSSR count). The number of hydrogen-bond acceptors (Lipinski definition) is 2. The maximum atomic E-state index is 14.0. The van der Waals surface area contributed by atoms with Gasteiger partial charge in [-0.05, 0) is 23.8 Å². The monoisotopic (exact) mass is 425 g/mol. The maximum absolute atomic E-state index is 14.0. The lowest BCUT2D eigenvalue weighted by Crippen LogP contribution is -2.30. The first-order valence-corrected chi connectivity index (χ1v) is 10.3. The highest BCUT2D eigenvalue weighted by Gasteiger charge is 2.34. The third-order valence-electron chi connectivity index (χ3n) is 5.56. The first-order valence-electron chi connectivity index (χ1n) is 10.3. The van der Waals surface area contributed by atoms with Gasteiger partial charge in [0.05, 0.1) is 6.54 Å². The number of hydrogen-bond donors (Lipinski definition) is 1. The van der Waals surface area contributed by atoms with Crippen molar-refractivity contribution in [1.82, 2.24) is 14.8 Å². The molecule has 1 fully saturated rings. The molecule has 0 spiro atoms. The average Bonchev–Trinajstić information content (AvgIpc) is 3.28. The van der Waals surface area contributed by atoms with Crippen molar-refractivity contribution in [2.24, 2.45) is 0 Å². The van der Waals surface area contributed by atoms with Crippen LogP contribution >= 0.6 is 0 Å². The molecule has 1 aromatic heterocycles. The van der Waals surface area contributed by atoms with Crippen LogP contribution in [0.15, 0.2) is 90.8 Å². The molecule has 3 aromatic carbocycles. The number of halogens is 1. The third-order valence-corrected chi connectivity index (χ3v) is 5.56. The van der Waals surface area contributed by atoms with Crippen LogP contribution in [0.3, 0.4) is 0 Å². The van der Waals surface area contributed by atoms with Gasteiger partial charge in [0.15, 0.2) is 0 Å². The van der Waals surface area contributed by atoms with Crippen molar-refractivity contribution < 1.29 is 14.0 Å². The van der Waals surface area contributed by atoms with Gasteiger partial charge in [-0.25, -0.2) is 9.18 Å². The second kappa shape index (κ2) is 8.15. The summed E-state index contributed by atoms with van der Waals surface area (Å²) in [6.45, 7) is 0.564. The number of amides is 3. The highest BCUT2D eigenvalue weighted by atomic mass is 19.1. The van der Waals surface area contributed by atoms with E-state index in [4.69, 9.17) is 0 Å². The van der Waals surface area contributed by atoms with Crippen LogP contribution in [0.4, 0.5) is 9.18 Å². The Kier molecular flexibility index (Phi) is 5.03. The summed E-state index contributed by atoms with van der Waals surface area (Å²) in [4.78, 5) is 26.4. The number of nitrogens with one attached hydrogen (secondary N) is 1. The minimum Gasteiger partial charge on any atom is -0.342 e. The highest BCUT2D eigenvalue weighted by Crippen LogP contribution is 2.26. The van der Waals surface area contributed by atoms with Crippen LogP contribution in [0.5, 0.6) is 0 Å². The number of fused-ring (bicyclic) bond motifs is 1. The number of carbonyl (C=O) groups is 2. The molecule has 0 atom stereocenters. The molecule has 6 heteroatoms. The van der Waals surface area contributed by atoms with Crippen molar-refractivity contribution in [2.75, 3.05) is 0 Å². The molecule has 1 saturated heterocycles. The maximum Gasteiger partial charge on any atom is 0.329 e. The van der Waals surface area contributed by atoms with Gasteiger partial charge in [0.2, 0.25) is 0 Å². The predicted molar refractivity (Wildman–Crippen MR) is 121 cm³/mol. The molecule has 1 N–H and O–H groups in total. The van der Waals surface area contributed by atoms with Gasteiger partial charge in [0.25, 0.3) is 5.91 Å². The Morgan fingerprint density at radius 2 is 1.56 bits per heavy atom. The molecule has 1 aliphatic rings. The molecule has 32 heavy (non-hydrogen) atoms. The fraction of sp³-hybridized carbons (Fsp3) is 0.0769. The van der Waals surface area contributed by atoms with E-state index in [1.54, 1.807) is 24.3 Å². The van der Waals surface area contributed by atoms with Gasteiger partial charge < -0.3 is 9.88 Å². The topological polar surface area (TPSA) is 54.3 Å². The zero-order valence-corrected chi connectivity index (χ0v) is 17.2. The van der Waals surface area contributed by atoms with Crippen molar-refractivity contribution in [2.45, 2.75) is 13.1 Å². The van der Waals surface area contributed by atoms with Crippen LogP contribution in [0.2, 0.25) is 0 Å². The fourth-order valence-corrected chi connectivity index (χ4v) is 3.97. The van der Waals surface area contributed by atoms with Crippen LogP contribution in [0.25, 0.3) is 17.0 Å². The Hall–Kier alpha value is -4.19. The molecule has 0 aliphatic carbocycles. The molecular formula is C26H20FN3O2. The molecule has 3 amide bonds. The van der Waals surface area contributed by atoms with E-state index in [1.165, 1.54) is 6.07 Å². The highest BCUT2D eigenvalue weighted by molar-refractivity contribution is 6.14. The van der Waals surface area contributed by atoms with E-state index in [0.717, 1.165) is 26.9 Å². The largest absolute Gasteiger partial charge is 0.342 e. The van der Waals surface area contributed by atoms with E-state index in [-0.39, 0.29) is 17.8 Å². The molecular weight excluding hydrogens is 405 g/mol. The third kappa shape index (κ3) is 3.67. The van der Waals surface area contributed by atoms with Gasteiger partial charge in [-0.1, -0.05) is 66.7 Å². The van der Waals surface area contributed by atoms with Crippen LogP contribution in [0.1, 0.15) is 16.7 Å². The Labute approximate surface area is 184 Å². The molecule has 0 saturated carbocycles. The van der Waals surface area contributed by atoms with Crippen molar-refractivity contribution in [1.29, 1.82) is 0 Å². The van der Waals surface area contributed by atoms with Gasteiger partial charge in [-0.15, -0.1) is 0 Å². The summed E-state index contributed by atoms with van der Waals surface area (Å²) < 4.78 is 16.1. The SMILES string of the molecule is O=C1NC(=Cc2cn(Cc3ccccc3)c3ccccc23)C(=O)N1Cc1ccccc1F. The standard InChI is InChI=1S/C26H20FN3O2/c27-22-12-6-4-10-19(22)17-30-25(31)23(28-26(30)32)14-20-16-29(15-18-8-2-1-3-9-18)24-13-7-5-11-21(20)24/h1-14,16H,15,17H2,(H,28,32). The molecule has 0 radical (unpaired) electrons. The lowest BCUT2D eigenvalue weighted by Gasteiger charge is -2.12. The van der Waals surface area contributed by atoms with Gasteiger partial charge in [0.1, 0.15) is 11.5 Å². The number of carbonyl (C=O) groups excluding carboxylic acids is 2. The van der Waals surface area contributed by atoms with Gasteiger partial charge in [-0.2, -0.15) is 0 Å². The van der Waals surface area contributed by atoms with E-state index >= 15 is 0 Å². The number of imide groups is 1. The molecule has 4 aromatic rings. The molecule has 2 heterocycles. The molecule has 0 bridgehead atoms. The second-order valence-electron chi connectivity index (χ2n) is 7.69. The average molecular weight is 425 g/mol. The summed E-state index contributed by atoms with van der Waals surface area (Å²) in [7, 11) is 0. The fourth-order valence-electron chi connectivity index (χ4n) is 3.97. The number of aromatic nitrogens is 1. The minimum absolute atomic E-state index is 0.121. The number of rotatable bonds is 5. The van der Waals surface area contributed by atoms with Crippen LogP contribution in [-0.4, -0.2) is 21.4 Å². The van der Waals surface area contributed by atoms with Crippen molar-refractivity contribution in [3.63, 3.8) is 0 Å². The Morgan fingerprint density at radius 1 is 0.844 bits per heavy atom. The van der Waals surface area contributed by atoms with E-state index in [0.29, 0.717) is 6.54 Å². The summed E-state index contributed by atoms with van der Waals surface area (Å²) in [6.07, 6.45) is 3.66. The Bertz CT molecular complexity index is 1360. The number of nitrogens with zero attached hydrogens (tertiary/aromatic N) is 2. The number of benzene rings is 3. The smallest absolute Gasteiger partial charge is 0.329 e. The number of para-hydroxylation sites is 1. The summed E-state index contributed by atoms with van der Waals surface area (Å²) >= 11 is 0. The Balaban J connectivity index is 1.47. The Morgan fingerprint density at radius 3 is 2.38 bits per heavy atom. The lowest BCUT2D eigenvalue weighted by atomic mass is 10.1. The lowest BCUT2D eigenvalue weighted by molar-refractivity contribution is -0.123. The quantitative estimate of drug-likeness (QED) is 0.364. The van der Waals surface area contributed by atoms with Crippen molar-refractivity contribution >= 4 is 28.9 Å². The molecule has 1 aliphatic heterocycles.